The lowest BCUT2D eigenvalue weighted by molar-refractivity contribution is 0.129. The van der Waals surface area contributed by atoms with Crippen molar-refractivity contribution in [2.45, 2.75) is 57.8 Å². The van der Waals surface area contributed by atoms with Gasteiger partial charge in [-0.05, 0) is 46.1 Å². The van der Waals surface area contributed by atoms with Crippen LogP contribution in [-0.4, -0.2) is 28.0 Å². The molecule has 1 fully saturated rings. The van der Waals surface area contributed by atoms with Crippen LogP contribution in [0.25, 0.3) is 10.2 Å². The summed E-state index contributed by atoms with van der Waals surface area (Å²) in [6.45, 7) is 9.01. The highest BCUT2D eigenvalue weighted by Crippen LogP contribution is 2.30. The van der Waals surface area contributed by atoms with Crippen LogP contribution < -0.4 is 5.56 Å². The first kappa shape index (κ1) is 16.0. The number of thiophene rings is 1. The second-order valence-electron chi connectivity index (χ2n) is 6.07. The molecule has 1 aliphatic rings. The molecule has 2 aromatic rings. The summed E-state index contributed by atoms with van der Waals surface area (Å²) in [5, 5.41) is 1.61. The predicted octanol–water partition coefficient (Wildman–Crippen LogP) is 3.93. The Balaban J connectivity index is 2.03. The fourth-order valence-electron chi connectivity index (χ4n) is 2.79. The van der Waals surface area contributed by atoms with Crippen molar-refractivity contribution in [1.29, 1.82) is 0 Å². The lowest BCUT2D eigenvalue weighted by Crippen LogP contribution is -2.25. The molecular formula is C16H22N2O2S2. The van der Waals surface area contributed by atoms with Gasteiger partial charge in [0.2, 0.25) is 0 Å². The van der Waals surface area contributed by atoms with Gasteiger partial charge >= 0.3 is 0 Å². The van der Waals surface area contributed by atoms with E-state index in [9.17, 15) is 4.79 Å². The Labute approximate surface area is 138 Å². The molecule has 0 radical (unpaired) electrons. The summed E-state index contributed by atoms with van der Waals surface area (Å²) in [5.41, 5.74) is 1.17. The number of ether oxygens (including phenoxy) is 1. The zero-order valence-electron chi connectivity index (χ0n) is 13.5. The molecule has 2 aromatic heterocycles. The van der Waals surface area contributed by atoms with Crippen LogP contribution in [0.2, 0.25) is 0 Å². The zero-order valence-corrected chi connectivity index (χ0v) is 15.1. The van der Waals surface area contributed by atoms with E-state index in [0.29, 0.717) is 6.10 Å². The van der Waals surface area contributed by atoms with Crippen molar-refractivity contribution in [3.8, 4) is 0 Å². The van der Waals surface area contributed by atoms with E-state index >= 15 is 0 Å². The van der Waals surface area contributed by atoms with Gasteiger partial charge in [-0.15, -0.1) is 11.3 Å². The molecule has 22 heavy (non-hydrogen) atoms. The maximum Gasteiger partial charge on any atom is 0.263 e. The van der Waals surface area contributed by atoms with Crippen LogP contribution in [0.1, 0.15) is 43.2 Å². The molecule has 1 atom stereocenters. The highest BCUT2D eigenvalue weighted by Gasteiger charge is 2.21. The maximum absolute atomic E-state index is 12.9. The summed E-state index contributed by atoms with van der Waals surface area (Å²) < 4.78 is 7.52. The molecule has 0 aliphatic carbocycles. The normalized spacial score (nSPS) is 18.7. The summed E-state index contributed by atoms with van der Waals surface area (Å²) in [5.74, 6) is 0.869. The van der Waals surface area contributed by atoms with Gasteiger partial charge in [0, 0.05) is 23.3 Å². The fourth-order valence-corrected chi connectivity index (χ4v) is 5.05. The highest BCUT2D eigenvalue weighted by atomic mass is 32.2. The molecule has 0 aromatic carbocycles. The number of fused-ring (bicyclic) bond motifs is 1. The molecule has 0 amide bonds. The number of hydrogen-bond acceptors (Lipinski definition) is 5. The molecule has 0 unspecified atom stereocenters. The molecule has 3 rings (SSSR count). The molecular weight excluding hydrogens is 316 g/mol. The summed E-state index contributed by atoms with van der Waals surface area (Å²) >= 11 is 3.27. The highest BCUT2D eigenvalue weighted by molar-refractivity contribution is 7.99. The third-order valence-corrected chi connectivity index (χ3v) is 6.33. The number of hydrogen-bond donors (Lipinski definition) is 0. The van der Waals surface area contributed by atoms with E-state index in [4.69, 9.17) is 9.72 Å². The predicted molar refractivity (Wildman–Crippen MR) is 93.4 cm³/mol. The van der Waals surface area contributed by atoms with Crippen molar-refractivity contribution in [3.05, 3.63) is 20.8 Å². The standard InChI is InChI=1S/C16H22N2O2S2/c1-9(2)18-15(19)13-10(3)11(4)22-14(13)17-16(18)21-8-12-6-5-7-20-12/h9,12H,5-8H2,1-4H3/t12-/m1/s1. The van der Waals surface area contributed by atoms with Crippen LogP contribution in [0.5, 0.6) is 0 Å². The number of rotatable bonds is 4. The molecule has 4 nitrogen and oxygen atoms in total. The van der Waals surface area contributed by atoms with Crippen molar-refractivity contribution in [1.82, 2.24) is 9.55 Å². The van der Waals surface area contributed by atoms with Crippen molar-refractivity contribution in [2.24, 2.45) is 0 Å². The third kappa shape index (κ3) is 2.84. The molecule has 3 heterocycles. The Bertz CT molecular complexity index is 743. The summed E-state index contributed by atoms with van der Waals surface area (Å²) in [7, 11) is 0. The SMILES string of the molecule is Cc1sc2nc(SC[C@H]3CCCO3)n(C(C)C)c(=O)c2c1C. The van der Waals surface area contributed by atoms with Crippen LogP contribution in [0.15, 0.2) is 9.95 Å². The van der Waals surface area contributed by atoms with E-state index in [2.05, 4.69) is 6.92 Å². The molecule has 0 bridgehead atoms. The van der Waals surface area contributed by atoms with E-state index in [0.717, 1.165) is 46.1 Å². The monoisotopic (exact) mass is 338 g/mol. The number of nitrogens with zero attached hydrogens (tertiary/aromatic N) is 2. The van der Waals surface area contributed by atoms with Crippen molar-refractivity contribution in [2.75, 3.05) is 12.4 Å². The van der Waals surface area contributed by atoms with E-state index in [-0.39, 0.29) is 11.6 Å². The van der Waals surface area contributed by atoms with Gasteiger partial charge in [-0.3, -0.25) is 9.36 Å². The summed E-state index contributed by atoms with van der Waals surface area (Å²) in [6, 6.07) is 0.107. The Morgan fingerprint density at radius 1 is 1.45 bits per heavy atom. The third-order valence-electron chi connectivity index (χ3n) is 4.14. The van der Waals surface area contributed by atoms with E-state index in [1.54, 1.807) is 23.1 Å². The van der Waals surface area contributed by atoms with Crippen LogP contribution in [0, 0.1) is 13.8 Å². The number of aryl methyl sites for hydroxylation is 2. The van der Waals surface area contributed by atoms with Crippen LogP contribution in [-0.2, 0) is 4.74 Å². The lowest BCUT2D eigenvalue weighted by Gasteiger charge is -2.16. The molecule has 120 valence electrons. The molecule has 0 spiro atoms. The quantitative estimate of drug-likeness (QED) is 0.626. The average molecular weight is 338 g/mol. The molecule has 0 saturated carbocycles. The van der Waals surface area contributed by atoms with Gasteiger partial charge in [0.25, 0.3) is 5.56 Å². The minimum atomic E-state index is 0.0942. The van der Waals surface area contributed by atoms with E-state index < -0.39 is 0 Å². The minimum absolute atomic E-state index is 0.0942. The number of thioether (sulfide) groups is 1. The van der Waals surface area contributed by atoms with Gasteiger partial charge in [0.05, 0.1) is 11.5 Å². The van der Waals surface area contributed by atoms with Crippen molar-refractivity contribution < 1.29 is 4.74 Å². The second-order valence-corrected chi connectivity index (χ2v) is 8.26. The fraction of sp³-hybridized carbons (Fsp3) is 0.625. The van der Waals surface area contributed by atoms with Gasteiger partial charge < -0.3 is 4.74 Å². The first-order valence-electron chi connectivity index (χ1n) is 7.75. The smallest absolute Gasteiger partial charge is 0.263 e. The topological polar surface area (TPSA) is 44.1 Å². The minimum Gasteiger partial charge on any atom is -0.377 e. The summed E-state index contributed by atoms with van der Waals surface area (Å²) in [6.07, 6.45) is 2.54. The van der Waals surface area contributed by atoms with Gasteiger partial charge in [-0.2, -0.15) is 0 Å². The van der Waals surface area contributed by atoms with Crippen molar-refractivity contribution >= 4 is 33.3 Å². The first-order chi connectivity index (χ1) is 10.5. The van der Waals surface area contributed by atoms with Gasteiger partial charge in [0.15, 0.2) is 5.16 Å². The lowest BCUT2D eigenvalue weighted by atomic mass is 10.2. The van der Waals surface area contributed by atoms with Crippen molar-refractivity contribution in [3.63, 3.8) is 0 Å². The van der Waals surface area contributed by atoms with Gasteiger partial charge in [-0.1, -0.05) is 11.8 Å². The second kappa shape index (κ2) is 6.34. The van der Waals surface area contributed by atoms with E-state index in [1.807, 2.05) is 25.3 Å². The molecule has 1 aliphatic heterocycles. The Morgan fingerprint density at radius 2 is 2.23 bits per heavy atom. The Morgan fingerprint density at radius 3 is 2.86 bits per heavy atom. The van der Waals surface area contributed by atoms with E-state index in [1.165, 1.54) is 4.88 Å². The zero-order chi connectivity index (χ0) is 15.9. The van der Waals surface area contributed by atoms with Crippen LogP contribution in [0.3, 0.4) is 0 Å². The van der Waals surface area contributed by atoms with Gasteiger partial charge in [-0.25, -0.2) is 4.98 Å². The first-order valence-corrected chi connectivity index (χ1v) is 9.56. The molecule has 6 heteroatoms. The van der Waals surface area contributed by atoms with Gasteiger partial charge in [0.1, 0.15) is 4.83 Å². The average Bonchev–Trinajstić information content (AvgIpc) is 3.05. The Hall–Kier alpha value is -0.850. The molecule has 0 N–H and O–H groups in total. The van der Waals surface area contributed by atoms with Crippen LogP contribution >= 0.6 is 23.1 Å². The maximum atomic E-state index is 12.9. The Kier molecular flexibility index (Phi) is 4.61. The summed E-state index contributed by atoms with van der Waals surface area (Å²) in [4.78, 5) is 19.7. The largest absolute Gasteiger partial charge is 0.377 e. The number of aromatic nitrogens is 2. The molecule has 1 saturated heterocycles. The van der Waals surface area contributed by atoms with Crippen LogP contribution in [0.4, 0.5) is 0 Å².